The summed E-state index contributed by atoms with van der Waals surface area (Å²) in [5.41, 5.74) is 9.35. The number of H-pyrrole nitrogens is 1. The molecule has 0 bridgehead atoms. The van der Waals surface area contributed by atoms with Gasteiger partial charge in [-0.1, -0.05) is 0 Å². The van der Waals surface area contributed by atoms with E-state index in [1.807, 2.05) is 6.92 Å². The van der Waals surface area contributed by atoms with E-state index < -0.39 is 0 Å². The number of hydrogen-bond acceptors (Lipinski definition) is 5. The first-order valence-corrected chi connectivity index (χ1v) is 8.74. The molecule has 0 aliphatic heterocycles. The monoisotopic (exact) mass is 351 g/mol. The molecule has 2 aromatic heterocycles. The minimum absolute atomic E-state index is 0.00158. The number of fused-ring (bicyclic) bond motifs is 1. The van der Waals surface area contributed by atoms with Gasteiger partial charge in [-0.2, -0.15) is 5.10 Å². The molecule has 1 aliphatic carbocycles. The molecule has 134 valence electrons. The van der Waals surface area contributed by atoms with Crippen molar-refractivity contribution in [1.82, 2.24) is 20.5 Å². The molecule has 5 N–H and O–H groups in total. The molecule has 4 rings (SSSR count). The van der Waals surface area contributed by atoms with Gasteiger partial charge in [-0.15, -0.1) is 0 Å². The summed E-state index contributed by atoms with van der Waals surface area (Å²) >= 11 is 0. The number of carbonyl (C=O) groups is 1. The lowest BCUT2D eigenvalue weighted by atomic mass is 10.0. The highest BCUT2D eigenvalue weighted by molar-refractivity contribution is 6.07. The van der Waals surface area contributed by atoms with Crippen molar-refractivity contribution in [2.24, 2.45) is 5.73 Å². The summed E-state index contributed by atoms with van der Waals surface area (Å²) in [5, 5.41) is 20.4. The van der Waals surface area contributed by atoms with Crippen molar-refractivity contribution < 1.29 is 9.90 Å². The summed E-state index contributed by atoms with van der Waals surface area (Å²) in [6.45, 7) is 1.87. The molecule has 2 heterocycles. The van der Waals surface area contributed by atoms with Crippen LogP contribution in [0.2, 0.25) is 0 Å². The molecule has 7 heteroatoms. The van der Waals surface area contributed by atoms with Crippen LogP contribution in [0.4, 0.5) is 0 Å². The third kappa shape index (κ3) is 2.90. The van der Waals surface area contributed by atoms with Crippen molar-refractivity contribution in [2.75, 3.05) is 0 Å². The van der Waals surface area contributed by atoms with Gasteiger partial charge in [0.25, 0.3) is 5.91 Å². The zero-order valence-electron chi connectivity index (χ0n) is 14.5. The average Bonchev–Trinajstić information content (AvgIpc) is 3.21. The number of aromatic nitrogens is 3. The summed E-state index contributed by atoms with van der Waals surface area (Å²) in [6.07, 6.45) is 2.86. The van der Waals surface area contributed by atoms with E-state index in [0.717, 1.165) is 35.9 Å². The summed E-state index contributed by atoms with van der Waals surface area (Å²) < 4.78 is 0. The van der Waals surface area contributed by atoms with Crippen LogP contribution in [0.15, 0.2) is 30.3 Å². The Morgan fingerprint density at radius 3 is 2.77 bits per heavy atom. The van der Waals surface area contributed by atoms with Gasteiger partial charge in [0.05, 0.1) is 16.6 Å². The van der Waals surface area contributed by atoms with Crippen molar-refractivity contribution in [3.05, 3.63) is 41.6 Å². The fraction of sp³-hybridized carbons (Fsp3) is 0.316. The number of nitrogens with two attached hydrogens (primary N) is 1. The van der Waals surface area contributed by atoms with Gasteiger partial charge in [-0.25, -0.2) is 4.98 Å². The number of pyridine rings is 1. The van der Waals surface area contributed by atoms with Crippen molar-refractivity contribution in [2.45, 2.75) is 38.3 Å². The first-order chi connectivity index (χ1) is 12.5. The Morgan fingerprint density at radius 2 is 2.08 bits per heavy atom. The SMILES string of the molecule is Cc1[nH]nc2nc(-c3ccc(O)cc3)cc(C(=O)NC3CCCC3N)c12. The highest BCUT2D eigenvalue weighted by Crippen LogP contribution is 2.27. The fourth-order valence-corrected chi connectivity index (χ4v) is 3.55. The van der Waals surface area contributed by atoms with Crippen molar-refractivity contribution in [3.8, 4) is 17.0 Å². The van der Waals surface area contributed by atoms with E-state index in [1.54, 1.807) is 30.3 Å². The Labute approximate surface area is 150 Å². The lowest BCUT2D eigenvalue weighted by Crippen LogP contribution is -2.44. The van der Waals surface area contributed by atoms with Gasteiger partial charge in [0.15, 0.2) is 5.65 Å². The lowest BCUT2D eigenvalue weighted by Gasteiger charge is -2.18. The number of aromatic amines is 1. The smallest absolute Gasteiger partial charge is 0.252 e. The van der Waals surface area contributed by atoms with E-state index >= 15 is 0 Å². The van der Waals surface area contributed by atoms with Crippen LogP contribution in [0.25, 0.3) is 22.3 Å². The van der Waals surface area contributed by atoms with E-state index in [4.69, 9.17) is 5.73 Å². The second-order valence-corrected chi connectivity index (χ2v) is 6.82. The number of phenolic OH excluding ortho intramolecular Hbond substituents is 1. The van der Waals surface area contributed by atoms with Crippen LogP contribution in [0.5, 0.6) is 5.75 Å². The maximum Gasteiger partial charge on any atom is 0.252 e. The van der Waals surface area contributed by atoms with Crippen molar-refractivity contribution in [1.29, 1.82) is 0 Å². The number of nitrogens with one attached hydrogen (secondary N) is 2. The zero-order chi connectivity index (χ0) is 18.3. The summed E-state index contributed by atoms with van der Waals surface area (Å²) in [5.74, 6) is 0.0166. The van der Waals surface area contributed by atoms with Crippen LogP contribution >= 0.6 is 0 Å². The Kier molecular flexibility index (Phi) is 4.08. The average molecular weight is 351 g/mol. The minimum Gasteiger partial charge on any atom is -0.508 e. The van der Waals surface area contributed by atoms with Gasteiger partial charge in [0.1, 0.15) is 5.75 Å². The molecule has 0 radical (unpaired) electrons. The molecule has 26 heavy (non-hydrogen) atoms. The van der Waals surface area contributed by atoms with E-state index in [2.05, 4.69) is 20.5 Å². The molecule has 3 aromatic rings. The van der Waals surface area contributed by atoms with Crippen LogP contribution in [-0.4, -0.2) is 38.3 Å². The second-order valence-electron chi connectivity index (χ2n) is 6.82. The van der Waals surface area contributed by atoms with E-state index in [1.165, 1.54) is 0 Å². The standard InChI is InChI=1S/C19H21N5O2/c1-10-17-13(19(26)22-15-4-2-3-14(15)20)9-16(21-18(17)24-23-10)11-5-7-12(25)8-6-11/h5-9,14-15,25H,2-4,20H2,1H3,(H,22,26)(H,21,23,24). The predicted octanol–water partition coefficient (Wildman–Crippen LogP) is 2.25. The zero-order valence-corrected chi connectivity index (χ0v) is 14.5. The van der Waals surface area contributed by atoms with Crippen LogP contribution in [0.1, 0.15) is 35.3 Å². The highest BCUT2D eigenvalue weighted by Gasteiger charge is 2.27. The Balaban J connectivity index is 1.77. The Bertz CT molecular complexity index is 964. The number of aryl methyl sites for hydroxylation is 1. The number of hydrogen-bond donors (Lipinski definition) is 4. The minimum atomic E-state index is -0.163. The Hall–Kier alpha value is -2.93. The van der Waals surface area contributed by atoms with E-state index in [-0.39, 0.29) is 23.7 Å². The molecule has 1 amide bonds. The summed E-state index contributed by atoms with van der Waals surface area (Å²) in [7, 11) is 0. The van der Waals surface area contributed by atoms with Gasteiger partial charge in [-0.3, -0.25) is 9.89 Å². The molecule has 2 atom stereocenters. The van der Waals surface area contributed by atoms with Crippen molar-refractivity contribution >= 4 is 16.9 Å². The first kappa shape index (κ1) is 16.5. The molecule has 1 fully saturated rings. The molecule has 1 aliphatic rings. The molecular formula is C19H21N5O2. The first-order valence-electron chi connectivity index (χ1n) is 8.74. The number of aromatic hydroxyl groups is 1. The number of rotatable bonds is 3. The maximum absolute atomic E-state index is 13.0. The molecule has 0 spiro atoms. The third-order valence-electron chi connectivity index (χ3n) is 5.00. The molecular weight excluding hydrogens is 330 g/mol. The van der Waals surface area contributed by atoms with Crippen LogP contribution in [0.3, 0.4) is 0 Å². The molecule has 0 saturated heterocycles. The Morgan fingerprint density at radius 1 is 1.31 bits per heavy atom. The summed E-state index contributed by atoms with van der Waals surface area (Å²) in [4.78, 5) is 17.5. The van der Waals surface area contributed by atoms with Crippen LogP contribution in [0, 0.1) is 6.92 Å². The second kappa shape index (κ2) is 6.42. The normalized spacial score (nSPS) is 19.8. The molecule has 1 saturated carbocycles. The largest absolute Gasteiger partial charge is 0.508 e. The number of benzene rings is 1. The van der Waals surface area contributed by atoms with Gasteiger partial charge < -0.3 is 16.2 Å². The number of carbonyl (C=O) groups excluding carboxylic acids is 1. The van der Waals surface area contributed by atoms with Crippen molar-refractivity contribution in [3.63, 3.8) is 0 Å². The van der Waals surface area contributed by atoms with Gasteiger partial charge >= 0.3 is 0 Å². The predicted molar refractivity (Wildman–Crippen MR) is 98.8 cm³/mol. The number of nitrogens with zero attached hydrogens (tertiary/aromatic N) is 2. The highest BCUT2D eigenvalue weighted by atomic mass is 16.3. The molecule has 7 nitrogen and oxygen atoms in total. The van der Waals surface area contributed by atoms with Gasteiger partial charge in [0.2, 0.25) is 0 Å². The van der Waals surface area contributed by atoms with Crippen LogP contribution in [-0.2, 0) is 0 Å². The van der Waals surface area contributed by atoms with Crippen LogP contribution < -0.4 is 11.1 Å². The van der Waals surface area contributed by atoms with E-state index in [9.17, 15) is 9.90 Å². The topological polar surface area (TPSA) is 117 Å². The fourth-order valence-electron chi connectivity index (χ4n) is 3.55. The molecule has 2 unspecified atom stereocenters. The lowest BCUT2D eigenvalue weighted by molar-refractivity contribution is 0.0936. The molecule has 1 aromatic carbocycles. The summed E-state index contributed by atoms with van der Waals surface area (Å²) in [6, 6.07) is 8.47. The quantitative estimate of drug-likeness (QED) is 0.577. The number of amides is 1. The number of phenols is 1. The van der Waals surface area contributed by atoms with Gasteiger partial charge in [0, 0.05) is 23.3 Å². The van der Waals surface area contributed by atoms with E-state index in [0.29, 0.717) is 16.9 Å². The maximum atomic E-state index is 13.0. The van der Waals surface area contributed by atoms with Gasteiger partial charge in [-0.05, 0) is 56.5 Å². The third-order valence-corrected chi connectivity index (χ3v) is 5.00.